The van der Waals surface area contributed by atoms with Crippen LogP contribution in [0, 0.1) is 5.92 Å². The van der Waals surface area contributed by atoms with Crippen molar-refractivity contribution in [2.45, 2.75) is 19.3 Å². The van der Waals surface area contributed by atoms with Gasteiger partial charge in [-0.2, -0.15) is 0 Å². The van der Waals surface area contributed by atoms with E-state index < -0.39 is 0 Å². The number of allylic oxidation sites excluding steroid dienone is 2. The minimum Gasteiger partial charge on any atom is -0.351 e. The molecule has 0 aliphatic heterocycles. The molecule has 0 radical (unpaired) electrons. The molecule has 1 aromatic rings. The Hall–Kier alpha value is -0.570. The molecule has 1 unspecified atom stereocenters. The average Bonchev–Trinajstić information content (AvgIpc) is 2.65. The summed E-state index contributed by atoms with van der Waals surface area (Å²) in [5.74, 6) is 0.660. The molecule has 3 heteroatoms. The molecule has 1 aromatic heterocycles. The monoisotopic (exact) mass is 226 g/mol. The van der Waals surface area contributed by atoms with Gasteiger partial charge in [-0.05, 0) is 29.7 Å². The summed E-state index contributed by atoms with van der Waals surface area (Å²) in [6.07, 6.45) is 9.49. The second-order valence-corrected chi connectivity index (χ2v) is 4.04. The van der Waals surface area contributed by atoms with E-state index in [2.05, 4.69) is 32.0 Å². The van der Waals surface area contributed by atoms with E-state index in [1.165, 1.54) is 17.3 Å². The number of rotatable bonds is 2. The van der Waals surface area contributed by atoms with Crippen molar-refractivity contribution < 1.29 is 0 Å². The topological polar surface area (TPSA) is 28.7 Å². The molecule has 0 saturated heterocycles. The van der Waals surface area contributed by atoms with Crippen LogP contribution in [0.1, 0.15) is 18.5 Å². The molecule has 1 heterocycles. The minimum atomic E-state index is 0.660. The van der Waals surface area contributed by atoms with Crippen molar-refractivity contribution in [1.29, 1.82) is 0 Å². The Morgan fingerprint density at radius 3 is 3.17 bits per heavy atom. The number of imidazole rings is 1. The highest BCUT2D eigenvalue weighted by Gasteiger charge is 2.17. The lowest BCUT2D eigenvalue weighted by Crippen LogP contribution is -2.00. The first-order chi connectivity index (χ1) is 5.86. The van der Waals surface area contributed by atoms with Crippen molar-refractivity contribution in [3.63, 3.8) is 0 Å². The Kier molecular flexibility index (Phi) is 2.30. The number of aromatic amines is 1. The lowest BCUT2D eigenvalue weighted by molar-refractivity contribution is 0.617. The molecule has 0 bridgehead atoms. The maximum atomic E-state index is 4.21. The van der Waals surface area contributed by atoms with Gasteiger partial charge < -0.3 is 4.98 Å². The Bertz CT molecular complexity index is 277. The summed E-state index contributed by atoms with van der Waals surface area (Å²) in [5, 5.41) is 0. The summed E-state index contributed by atoms with van der Waals surface area (Å²) >= 11 is 3.57. The summed E-state index contributed by atoms with van der Waals surface area (Å²) < 4.78 is 1.35. The standard InChI is InChI=1S/C9H11BrN2/c10-9-3-1-2-7(9)4-8-5-11-6-12-8/h3,5-7H,1-2,4H2,(H,11,12). The number of hydrogen-bond donors (Lipinski definition) is 1. The van der Waals surface area contributed by atoms with Crippen LogP contribution >= 0.6 is 15.9 Å². The highest BCUT2D eigenvalue weighted by molar-refractivity contribution is 9.11. The Labute approximate surface area is 80.2 Å². The first kappa shape index (κ1) is 8.05. The molecular formula is C9H11BrN2. The van der Waals surface area contributed by atoms with E-state index in [0.717, 1.165) is 12.1 Å². The number of nitrogens with zero attached hydrogens (tertiary/aromatic N) is 1. The molecule has 0 amide bonds. The molecular weight excluding hydrogens is 216 g/mol. The quantitative estimate of drug-likeness (QED) is 0.826. The van der Waals surface area contributed by atoms with Gasteiger partial charge in [0.2, 0.25) is 0 Å². The molecule has 0 aromatic carbocycles. The third-order valence-corrected chi connectivity index (χ3v) is 3.23. The molecule has 1 aliphatic carbocycles. The summed E-state index contributed by atoms with van der Waals surface area (Å²) in [7, 11) is 0. The van der Waals surface area contributed by atoms with Gasteiger partial charge in [-0.3, -0.25) is 0 Å². The fourth-order valence-electron chi connectivity index (χ4n) is 1.58. The summed E-state index contributed by atoms with van der Waals surface area (Å²) in [6.45, 7) is 0. The largest absolute Gasteiger partial charge is 0.351 e. The highest BCUT2D eigenvalue weighted by atomic mass is 79.9. The molecule has 64 valence electrons. The van der Waals surface area contributed by atoms with Gasteiger partial charge in [0.15, 0.2) is 0 Å². The average molecular weight is 227 g/mol. The first-order valence-corrected chi connectivity index (χ1v) is 4.99. The molecule has 1 aliphatic rings. The van der Waals surface area contributed by atoms with Crippen LogP contribution in [-0.2, 0) is 6.42 Å². The van der Waals surface area contributed by atoms with Crippen LogP contribution in [0.15, 0.2) is 23.1 Å². The SMILES string of the molecule is BrC1=CCCC1Cc1c[nH]cn1. The normalized spacial score (nSPS) is 22.8. The van der Waals surface area contributed by atoms with Gasteiger partial charge in [-0.1, -0.05) is 22.0 Å². The van der Waals surface area contributed by atoms with Crippen LogP contribution in [0.4, 0.5) is 0 Å². The van der Waals surface area contributed by atoms with Crippen LogP contribution in [0.25, 0.3) is 0 Å². The van der Waals surface area contributed by atoms with Crippen molar-refractivity contribution in [2.75, 3.05) is 0 Å². The molecule has 0 fully saturated rings. The van der Waals surface area contributed by atoms with Gasteiger partial charge in [0.05, 0.1) is 12.0 Å². The summed E-state index contributed by atoms with van der Waals surface area (Å²) in [5.41, 5.74) is 1.16. The fourth-order valence-corrected chi connectivity index (χ4v) is 2.20. The number of halogens is 1. The van der Waals surface area contributed by atoms with Crippen molar-refractivity contribution in [3.8, 4) is 0 Å². The van der Waals surface area contributed by atoms with Crippen LogP contribution in [0.5, 0.6) is 0 Å². The molecule has 1 N–H and O–H groups in total. The Morgan fingerprint density at radius 1 is 1.67 bits per heavy atom. The predicted molar refractivity (Wildman–Crippen MR) is 52.0 cm³/mol. The molecule has 0 saturated carbocycles. The molecule has 0 spiro atoms. The number of H-pyrrole nitrogens is 1. The number of hydrogen-bond acceptors (Lipinski definition) is 1. The Morgan fingerprint density at radius 2 is 2.58 bits per heavy atom. The number of aromatic nitrogens is 2. The second kappa shape index (κ2) is 3.44. The van der Waals surface area contributed by atoms with E-state index in [0.29, 0.717) is 5.92 Å². The van der Waals surface area contributed by atoms with E-state index in [1.807, 2.05) is 6.20 Å². The van der Waals surface area contributed by atoms with Crippen molar-refractivity contribution in [2.24, 2.45) is 5.92 Å². The van der Waals surface area contributed by atoms with Crippen LogP contribution in [-0.4, -0.2) is 9.97 Å². The lowest BCUT2D eigenvalue weighted by atomic mass is 10.0. The van der Waals surface area contributed by atoms with Gasteiger partial charge in [-0.15, -0.1) is 0 Å². The third kappa shape index (κ3) is 1.61. The maximum Gasteiger partial charge on any atom is 0.0923 e. The van der Waals surface area contributed by atoms with Gasteiger partial charge in [-0.25, -0.2) is 4.98 Å². The van der Waals surface area contributed by atoms with Crippen LogP contribution < -0.4 is 0 Å². The van der Waals surface area contributed by atoms with Gasteiger partial charge in [0, 0.05) is 6.20 Å². The predicted octanol–water partition coefficient (Wildman–Crippen LogP) is 2.64. The summed E-state index contributed by atoms with van der Waals surface area (Å²) in [4.78, 5) is 7.18. The van der Waals surface area contributed by atoms with Gasteiger partial charge >= 0.3 is 0 Å². The van der Waals surface area contributed by atoms with E-state index in [4.69, 9.17) is 0 Å². The van der Waals surface area contributed by atoms with E-state index >= 15 is 0 Å². The Balaban J connectivity index is 2.00. The zero-order valence-corrected chi connectivity index (χ0v) is 8.34. The lowest BCUT2D eigenvalue weighted by Gasteiger charge is -2.07. The highest BCUT2D eigenvalue weighted by Crippen LogP contribution is 2.32. The van der Waals surface area contributed by atoms with E-state index in [1.54, 1.807) is 6.33 Å². The van der Waals surface area contributed by atoms with Crippen molar-refractivity contribution >= 4 is 15.9 Å². The fraction of sp³-hybridized carbons (Fsp3) is 0.444. The zero-order valence-electron chi connectivity index (χ0n) is 6.76. The molecule has 12 heavy (non-hydrogen) atoms. The molecule has 2 rings (SSSR count). The smallest absolute Gasteiger partial charge is 0.0923 e. The first-order valence-electron chi connectivity index (χ1n) is 4.19. The van der Waals surface area contributed by atoms with E-state index in [-0.39, 0.29) is 0 Å². The minimum absolute atomic E-state index is 0.660. The van der Waals surface area contributed by atoms with Crippen molar-refractivity contribution in [3.05, 3.63) is 28.8 Å². The summed E-state index contributed by atoms with van der Waals surface area (Å²) in [6, 6.07) is 0. The zero-order chi connectivity index (χ0) is 8.39. The van der Waals surface area contributed by atoms with Crippen LogP contribution in [0.2, 0.25) is 0 Å². The maximum absolute atomic E-state index is 4.21. The van der Waals surface area contributed by atoms with E-state index in [9.17, 15) is 0 Å². The molecule has 2 nitrogen and oxygen atoms in total. The molecule has 1 atom stereocenters. The third-order valence-electron chi connectivity index (χ3n) is 2.25. The van der Waals surface area contributed by atoms with Crippen LogP contribution in [0.3, 0.4) is 0 Å². The van der Waals surface area contributed by atoms with Crippen molar-refractivity contribution in [1.82, 2.24) is 9.97 Å². The van der Waals surface area contributed by atoms with Gasteiger partial charge in [0.1, 0.15) is 0 Å². The number of nitrogens with one attached hydrogen (secondary N) is 1. The second-order valence-electron chi connectivity index (χ2n) is 3.13. The van der Waals surface area contributed by atoms with Gasteiger partial charge in [0.25, 0.3) is 0 Å².